The number of hydrogen-bond acceptors (Lipinski definition) is 3. The Hall–Kier alpha value is -2.40. The predicted molar refractivity (Wildman–Crippen MR) is 88.0 cm³/mol. The van der Waals surface area contributed by atoms with E-state index >= 15 is 0 Å². The van der Waals surface area contributed by atoms with E-state index in [1.165, 1.54) is 4.90 Å². The van der Waals surface area contributed by atoms with Gasteiger partial charge in [-0.05, 0) is 35.6 Å². The first-order chi connectivity index (χ1) is 11.1. The quantitative estimate of drug-likeness (QED) is 0.901. The van der Waals surface area contributed by atoms with Crippen LogP contribution in [0, 0.1) is 0 Å². The smallest absolute Gasteiger partial charge is 0.326 e. The minimum atomic E-state index is -0.950. The van der Waals surface area contributed by atoms with Crippen LogP contribution in [0.2, 0.25) is 0 Å². The molecule has 5 nitrogen and oxygen atoms in total. The SMILES string of the molecule is N[C@H](Cc1ccc2ccccc2c1)C(=O)N1CCC[C@H]1C(=O)O. The van der Waals surface area contributed by atoms with E-state index in [-0.39, 0.29) is 5.91 Å². The highest BCUT2D eigenvalue weighted by Crippen LogP contribution is 2.20. The molecule has 0 saturated carbocycles. The highest BCUT2D eigenvalue weighted by Gasteiger charge is 2.35. The first kappa shape index (κ1) is 15.5. The van der Waals surface area contributed by atoms with Gasteiger partial charge in [-0.3, -0.25) is 4.79 Å². The number of fused-ring (bicyclic) bond motifs is 1. The predicted octanol–water partition coefficient (Wildman–Crippen LogP) is 1.79. The number of nitrogens with two attached hydrogens (primary N) is 1. The van der Waals surface area contributed by atoms with Crippen LogP contribution in [0.15, 0.2) is 42.5 Å². The number of carboxylic acid groups (broad SMARTS) is 1. The number of hydrogen-bond donors (Lipinski definition) is 2. The molecule has 1 fully saturated rings. The Kier molecular flexibility index (Phi) is 4.30. The maximum Gasteiger partial charge on any atom is 0.326 e. The monoisotopic (exact) mass is 312 g/mol. The van der Waals surface area contributed by atoms with Gasteiger partial charge in [0.15, 0.2) is 0 Å². The van der Waals surface area contributed by atoms with Gasteiger partial charge >= 0.3 is 5.97 Å². The second kappa shape index (κ2) is 6.38. The Morgan fingerprint density at radius 1 is 1.22 bits per heavy atom. The number of rotatable bonds is 4. The highest BCUT2D eigenvalue weighted by atomic mass is 16.4. The average molecular weight is 312 g/mol. The fourth-order valence-corrected chi connectivity index (χ4v) is 3.21. The minimum Gasteiger partial charge on any atom is -0.480 e. The molecule has 1 saturated heterocycles. The number of benzene rings is 2. The van der Waals surface area contributed by atoms with Gasteiger partial charge in [0, 0.05) is 6.54 Å². The third-order valence-electron chi connectivity index (χ3n) is 4.41. The molecule has 5 heteroatoms. The number of carboxylic acids is 1. The first-order valence-corrected chi connectivity index (χ1v) is 7.83. The third-order valence-corrected chi connectivity index (χ3v) is 4.41. The van der Waals surface area contributed by atoms with Gasteiger partial charge in [-0.15, -0.1) is 0 Å². The van der Waals surface area contributed by atoms with Crippen LogP contribution in [0.25, 0.3) is 10.8 Å². The van der Waals surface area contributed by atoms with Crippen molar-refractivity contribution in [1.29, 1.82) is 0 Å². The molecule has 120 valence electrons. The molecule has 23 heavy (non-hydrogen) atoms. The highest BCUT2D eigenvalue weighted by molar-refractivity contribution is 5.88. The Balaban J connectivity index is 1.73. The fourth-order valence-electron chi connectivity index (χ4n) is 3.21. The van der Waals surface area contributed by atoms with E-state index in [0.717, 1.165) is 16.3 Å². The Labute approximate surface area is 134 Å². The molecule has 2 aromatic carbocycles. The van der Waals surface area contributed by atoms with Crippen LogP contribution in [0.5, 0.6) is 0 Å². The zero-order chi connectivity index (χ0) is 16.4. The molecular formula is C18H20N2O3. The molecule has 2 atom stereocenters. The number of amides is 1. The van der Waals surface area contributed by atoms with Crippen molar-refractivity contribution < 1.29 is 14.7 Å². The van der Waals surface area contributed by atoms with E-state index in [9.17, 15) is 14.7 Å². The summed E-state index contributed by atoms with van der Waals surface area (Å²) in [4.78, 5) is 25.1. The summed E-state index contributed by atoms with van der Waals surface area (Å²) in [5, 5.41) is 11.4. The minimum absolute atomic E-state index is 0.275. The summed E-state index contributed by atoms with van der Waals surface area (Å²) in [6.07, 6.45) is 1.63. The van der Waals surface area contributed by atoms with Crippen molar-refractivity contribution in [2.75, 3.05) is 6.54 Å². The largest absolute Gasteiger partial charge is 0.480 e. The van der Waals surface area contributed by atoms with E-state index in [2.05, 4.69) is 0 Å². The van der Waals surface area contributed by atoms with Crippen LogP contribution in [0.1, 0.15) is 18.4 Å². The van der Waals surface area contributed by atoms with Crippen LogP contribution in [0.3, 0.4) is 0 Å². The third kappa shape index (κ3) is 3.19. The van der Waals surface area contributed by atoms with Crippen LogP contribution < -0.4 is 5.73 Å². The molecule has 0 unspecified atom stereocenters. The number of aliphatic carboxylic acids is 1. The van der Waals surface area contributed by atoms with Crippen LogP contribution in [0.4, 0.5) is 0 Å². The van der Waals surface area contributed by atoms with Gasteiger partial charge in [0.25, 0.3) is 0 Å². The zero-order valence-corrected chi connectivity index (χ0v) is 12.8. The normalized spacial score (nSPS) is 19.0. The maximum absolute atomic E-state index is 12.5. The van der Waals surface area contributed by atoms with Gasteiger partial charge in [-0.1, -0.05) is 42.5 Å². The lowest BCUT2D eigenvalue weighted by Gasteiger charge is -2.24. The molecule has 3 rings (SSSR count). The van der Waals surface area contributed by atoms with Gasteiger partial charge in [0.05, 0.1) is 6.04 Å². The molecule has 1 amide bonds. The summed E-state index contributed by atoms with van der Waals surface area (Å²) in [6, 6.07) is 12.6. The van der Waals surface area contributed by atoms with Crippen molar-refractivity contribution in [2.24, 2.45) is 5.73 Å². The number of nitrogens with zero attached hydrogens (tertiary/aromatic N) is 1. The standard InChI is InChI=1S/C18H20N2O3/c19-15(17(21)20-9-3-6-16(20)18(22)23)11-12-7-8-13-4-1-2-5-14(13)10-12/h1-2,4-5,7-8,10,15-16H,3,6,9,11,19H2,(H,22,23)/t15-,16+/m1/s1. The number of carbonyl (C=O) groups excluding carboxylic acids is 1. The van der Waals surface area contributed by atoms with Gasteiger partial charge in [0.1, 0.15) is 6.04 Å². The van der Waals surface area contributed by atoms with Crippen LogP contribution in [-0.2, 0) is 16.0 Å². The number of carbonyl (C=O) groups is 2. The molecule has 0 aliphatic carbocycles. The molecule has 0 aromatic heterocycles. The summed E-state index contributed by atoms with van der Waals surface area (Å²) >= 11 is 0. The summed E-state index contributed by atoms with van der Waals surface area (Å²) in [5.74, 6) is -1.23. The molecule has 2 aromatic rings. The average Bonchev–Trinajstić information content (AvgIpc) is 3.03. The molecule has 1 aliphatic heterocycles. The number of likely N-dealkylation sites (tertiary alicyclic amines) is 1. The zero-order valence-electron chi connectivity index (χ0n) is 12.8. The second-order valence-corrected chi connectivity index (χ2v) is 6.02. The topological polar surface area (TPSA) is 83.6 Å². The van der Waals surface area contributed by atoms with Crippen molar-refractivity contribution in [3.8, 4) is 0 Å². The molecular weight excluding hydrogens is 292 g/mol. The Morgan fingerprint density at radius 3 is 2.70 bits per heavy atom. The maximum atomic E-state index is 12.5. The van der Waals surface area contributed by atoms with E-state index in [0.29, 0.717) is 25.8 Å². The lowest BCUT2D eigenvalue weighted by atomic mass is 10.0. The van der Waals surface area contributed by atoms with Gasteiger partial charge < -0.3 is 15.7 Å². The van der Waals surface area contributed by atoms with Crippen molar-refractivity contribution >= 4 is 22.6 Å². The van der Waals surface area contributed by atoms with E-state index in [1.54, 1.807) is 0 Å². The summed E-state index contributed by atoms with van der Waals surface area (Å²) in [5.41, 5.74) is 7.03. The Morgan fingerprint density at radius 2 is 1.96 bits per heavy atom. The Bertz CT molecular complexity index is 744. The van der Waals surface area contributed by atoms with E-state index < -0.39 is 18.1 Å². The molecule has 0 spiro atoms. The molecule has 3 N–H and O–H groups in total. The van der Waals surface area contributed by atoms with Crippen molar-refractivity contribution in [1.82, 2.24) is 4.90 Å². The van der Waals surface area contributed by atoms with Crippen LogP contribution in [-0.4, -0.2) is 40.5 Å². The second-order valence-electron chi connectivity index (χ2n) is 6.02. The van der Waals surface area contributed by atoms with E-state index in [1.807, 2.05) is 42.5 Å². The van der Waals surface area contributed by atoms with Crippen molar-refractivity contribution in [3.05, 3.63) is 48.0 Å². The first-order valence-electron chi connectivity index (χ1n) is 7.83. The molecule has 1 heterocycles. The van der Waals surface area contributed by atoms with Gasteiger partial charge in [0.2, 0.25) is 5.91 Å². The lowest BCUT2D eigenvalue weighted by molar-refractivity contribution is -0.148. The fraction of sp³-hybridized carbons (Fsp3) is 0.333. The van der Waals surface area contributed by atoms with Gasteiger partial charge in [-0.25, -0.2) is 4.79 Å². The summed E-state index contributed by atoms with van der Waals surface area (Å²) in [7, 11) is 0. The lowest BCUT2D eigenvalue weighted by Crippen LogP contribution is -2.49. The van der Waals surface area contributed by atoms with Crippen molar-refractivity contribution in [2.45, 2.75) is 31.3 Å². The molecule has 0 radical (unpaired) electrons. The van der Waals surface area contributed by atoms with Crippen molar-refractivity contribution in [3.63, 3.8) is 0 Å². The molecule has 0 bridgehead atoms. The summed E-state index contributed by atoms with van der Waals surface area (Å²) in [6.45, 7) is 0.473. The molecule has 1 aliphatic rings. The summed E-state index contributed by atoms with van der Waals surface area (Å²) < 4.78 is 0. The van der Waals surface area contributed by atoms with Crippen LogP contribution >= 0.6 is 0 Å². The van der Waals surface area contributed by atoms with Gasteiger partial charge in [-0.2, -0.15) is 0 Å². The van der Waals surface area contributed by atoms with E-state index in [4.69, 9.17) is 5.73 Å².